The first-order chi connectivity index (χ1) is 7.66. The summed E-state index contributed by atoms with van der Waals surface area (Å²) < 4.78 is 1.85. The first-order valence-electron chi connectivity index (χ1n) is 5.23. The van der Waals surface area contributed by atoms with Crippen LogP contribution in [0.2, 0.25) is 0 Å². The molecular weight excluding hydrogens is 198 g/mol. The maximum Gasteiger partial charge on any atom is 0.0694 e. The Hall–Kier alpha value is -1.90. The maximum atomic E-state index is 4.25. The molecule has 3 nitrogen and oxygen atoms in total. The highest BCUT2D eigenvalue weighted by atomic mass is 15.3. The van der Waals surface area contributed by atoms with E-state index < -0.39 is 0 Å². The second-order valence-corrected chi connectivity index (χ2v) is 4.06. The SMILES string of the molecule is C=C(C)Cc1cncc(-c2ccnn2C)c1. The number of pyridine rings is 1. The number of hydrogen-bond acceptors (Lipinski definition) is 2. The van der Waals surface area contributed by atoms with Gasteiger partial charge in [-0.05, 0) is 31.0 Å². The average molecular weight is 213 g/mol. The van der Waals surface area contributed by atoms with Crippen molar-refractivity contribution < 1.29 is 0 Å². The Bertz CT molecular complexity index is 511. The summed E-state index contributed by atoms with van der Waals surface area (Å²) in [5.74, 6) is 0. The molecule has 0 atom stereocenters. The van der Waals surface area contributed by atoms with Crippen molar-refractivity contribution in [3.63, 3.8) is 0 Å². The average Bonchev–Trinajstić information content (AvgIpc) is 2.64. The van der Waals surface area contributed by atoms with Gasteiger partial charge in [0.15, 0.2) is 0 Å². The third-order valence-corrected chi connectivity index (χ3v) is 2.42. The second-order valence-electron chi connectivity index (χ2n) is 4.06. The standard InChI is InChI=1S/C13H15N3/c1-10(2)6-11-7-12(9-14-8-11)13-4-5-15-16(13)3/h4-5,7-9H,1,6H2,2-3H3. The molecule has 2 heterocycles. The molecule has 2 rings (SSSR count). The van der Waals surface area contributed by atoms with E-state index in [0.29, 0.717) is 0 Å². The molecule has 0 aliphatic rings. The van der Waals surface area contributed by atoms with E-state index in [1.165, 1.54) is 5.56 Å². The Morgan fingerprint density at radius 2 is 2.25 bits per heavy atom. The van der Waals surface area contributed by atoms with Crippen LogP contribution in [0.5, 0.6) is 0 Å². The van der Waals surface area contributed by atoms with Gasteiger partial charge >= 0.3 is 0 Å². The summed E-state index contributed by atoms with van der Waals surface area (Å²) in [6.07, 6.45) is 6.41. The van der Waals surface area contributed by atoms with Gasteiger partial charge in [0.05, 0.1) is 5.69 Å². The van der Waals surface area contributed by atoms with Gasteiger partial charge in [-0.15, -0.1) is 0 Å². The molecule has 0 aliphatic heterocycles. The van der Waals surface area contributed by atoms with Crippen LogP contribution >= 0.6 is 0 Å². The monoisotopic (exact) mass is 213 g/mol. The van der Waals surface area contributed by atoms with Gasteiger partial charge in [0.25, 0.3) is 0 Å². The van der Waals surface area contributed by atoms with Crippen molar-refractivity contribution in [2.24, 2.45) is 7.05 Å². The number of aromatic nitrogens is 3. The summed E-state index contributed by atoms with van der Waals surface area (Å²) >= 11 is 0. The molecule has 0 fully saturated rings. The molecule has 0 radical (unpaired) electrons. The first kappa shape index (κ1) is 10.6. The minimum Gasteiger partial charge on any atom is -0.268 e. The van der Waals surface area contributed by atoms with E-state index in [0.717, 1.165) is 23.3 Å². The normalized spacial score (nSPS) is 10.4. The third-order valence-electron chi connectivity index (χ3n) is 2.42. The predicted molar refractivity (Wildman–Crippen MR) is 65.0 cm³/mol. The zero-order chi connectivity index (χ0) is 11.5. The lowest BCUT2D eigenvalue weighted by Crippen LogP contribution is -1.95. The Labute approximate surface area is 95.5 Å². The fourth-order valence-electron chi connectivity index (χ4n) is 1.73. The molecule has 2 aromatic heterocycles. The van der Waals surface area contributed by atoms with Crippen molar-refractivity contribution in [1.29, 1.82) is 0 Å². The quantitative estimate of drug-likeness (QED) is 0.734. The van der Waals surface area contributed by atoms with Gasteiger partial charge in [0.2, 0.25) is 0 Å². The van der Waals surface area contributed by atoms with Gasteiger partial charge in [-0.25, -0.2) is 0 Å². The van der Waals surface area contributed by atoms with E-state index >= 15 is 0 Å². The Balaban J connectivity index is 2.36. The Kier molecular flexibility index (Phi) is 2.86. The summed E-state index contributed by atoms with van der Waals surface area (Å²) in [4.78, 5) is 4.25. The molecule has 0 saturated heterocycles. The molecule has 0 spiro atoms. The van der Waals surface area contributed by atoms with Crippen LogP contribution in [0.15, 0.2) is 42.9 Å². The summed E-state index contributed by atoms with van der Waals surface area (Å²) in [6, 6.07) is 4.13. The molecule has 3 heteroatoms. The summed E-state index contributed by atoms with van der Waals surface area (Å²) in [5.41, 5.74) is 4.50. The molecule has 0 N–H and O–H groups in total. The second kappa shape index (κ2) is 4.31. The smallest absolute Gasteiger partial charge is 0.0694 e. The first-order valence-corrected chi connectivity index (χ1v) is 5.23. The van der Waals surface area contributed by atoms with Gasteiger partial charge in [-0.3, -0.25) is 9.67 Å². The van der Waals surface area contributed by atoms with E-state index in [1.807, 2.05) is 37.1 Å². The highest BCUT2D eigenvalue weighted by Gasteiger charge is 2.03. The van der Waals surface area contributed by atoms with Crippen LogP contribution in [0, 0.1) is 0 Å². The van der Waals surface area contributed by atoms with E-state index in [2.05, 4.69) is 22.7 Å². The van der Waals surface area contributed by atoms with Gasteiger partial charge in [0, 0.05) is 31.2 Å². The molecule has 2 aromatic rings. The van der Waals surface area contributed by atoms with Crippen LogP contribution in [0.1, 0.15) is 12.5 Å². The molecular formula is C13H15N3. The highest BCUT2D eigenvalue weighted by Crippen LogP contribution is 2.19. The van der Waals surface area contributed by atoms with Gasteiger partial charge < -0.3 is 0 Å². The molecule has 0 saturated carbocycles. The van der Waals surface area contributed by atoms with Crippen LogP contribution in [0.25, 0.3) is 11.3 Å². The lowest BCUT2D eigenvalue weighted by molar-refractivity contribution is 0.775. The van der Waals surface area contributed by atoms with Crippen molar-refractivity contribution in [3.05, 3.63) is 48.4 Å². The lowest BCUT2D eigenvalue weighted by atomic mass is 10.1. The molecule has 0 aliphatic carbocycles. The largest absolute Gasteiger partial charge is 0.268 e. The van der Waals surface area contributed by atoms with Crippen molar-refractivity contribution in [2.75, 3.05) is 0 Å². The van der Waals surface area contributed by atoms with Crippen LogP contribution in [-0.4, -0.2) is 14.8 Å². The lowest BCUT2D eigenvalue weighted by Gasteiger charge is -2.05. The number of hydrogen-bond donors (Lipinski definition) is 0. The molecule has 16 heavy (non-hydrogen) atoms. The van der Waals surface area contributed by atoms with Gasteiger partial charge in [0.1, 0.15) is 0 Å². The zero-order valence-electron chi connectivity index (χ0n) is 9.64. The highest BCUT2D eigenvalue weighted by molar-refractivity contribution is 5.58. The topological polar surface area (TPSA) is 30.7 Å². The van der Waals surface area contributed by atoms with Crippen molar-refractivity contribution >= 4 is 0 Å². The van der Waals surface area contributed by atoms with Crippen molar-refractivity contribution in [1.82, 2.24) is 14.8 Å². The fraction of sp³-hybridized carbons (Fsp3) is 0.231. The molecule has 0 aromatic carbocycles. The number of allylic oxidation sites excluding steroid dienone is 1. The van der Waals surface area contributed by atoms with Crippen LogP contribution < -0.4 is 0 Å². The fourth-order valence-corrected chi connectivity index (χ4v) is 1.73. The van der Waals surface area contributed by atoms with E-state index in [4.69, 9.17) is 0 Å². The summed E-state index contributed by atoms with van der Waals surface area (Å²) in [6.45, 7) is 5.94. The van der Waals surface area contributed by atoms with Crippen molar-refractivity contribution in [2.45, 2.75) is 13.3 Å². The van der Waals surface area contributed by atoms with Crippen LogP contribution in [-0.2, 0) is 13.5 Å². The molecule has 0 bridgehead atoms. The minimum atomic E-state index is 0.874. The minimum absolute atomic E-state index is 0.874. The summed E-state index contributed by atoms with van der Waals surface area (Å²) in [7, 11) is 1.93. The molecule has 0 amide bonds. The van der Waals surface area contributed by atoms with E-state index in [9.17, 15) is 0 Å². The molecule has 0 unspecified atom stereocenters. The third kappa shape index (κ3) is 2.19. The molecule has 82 valence electrons. The predicted octanol–water partition coefficient (Wildman–Crippen LogP) is 2.60. The van der Waals surface area contributed by atoms with E-state index in [-0.39, 0.29) is 0 Å². The zero-order valence-corrected chi connectivity index (χ0v) is 9.64. The van der Waals surface area contributed by atoms with Crippen LogP contribution in [0.4, 0.5) is 0 Å². The van der Waals surface area contributed by atoms with E-state index in [1.54, 1.807) is 6.20 Å². The Morgan fingerprint density at radius 1 is 1.44 bits per heavy atom. The van der Waals surface area contributed by atoms with Gasteiger partial charge in [-0.1, -0.05) is 12.2 Å². The number of aryl methyl sites for hydroxylation is 1. The van der Waals surface area contributed by atoms with Crippen LogP contribution in [0.3, 0.4) is 0 Å². The summed E-state index contributed by atoms with van der Waals surface area (Å²) in [5, 5.41) is 4.15. The maximum absolute atomic E-state index is 4.25. The van der Waals surface area contributed by atoms with Gasteiger partial charge in [-0.2, -0.15) is 5.10 Å². The Morgan fingerprint density at radius 3 is 2.88 bits per heavy atom. The number of nitrogens with zero attached hydrogens (tertiary/aromatic N) is 3. The van der Waals surface area contributed by atoms with Crippen molar-refractivity contribution in [3.8, 4) is 11.3 Å². The number of rotatable bonds is 3.